The smallest absolute Gasteiger partial charge is 0.216 e. The normalized spacial score (nSPS) is 13.3. The topological polar surface area (TPSA) is 55.4 Å². The van der Waals surface area contributed by atoms with Gasteiger partial charge < -0.3 is 10.1 Å². The summed E-state index contributed by atoms with van der Waals surface area (Å²) in [5.74, 6) is 1.49. The summed E-state index contributed by atoms with van der Waals surface area (Å²) in [6.07, 6.45) is 3.15. The Kier molecular flexibility index (Phi) is 5.61. The van der Waals surface area contributed by atoms with E-state index in [0.717, 1.165) is 28.7 Å². The van der Waals surface area contributed by atoms with E-state index in [-0.39, 0.29) is 11.7 Å². The molecule has 0 saturated heterocycles. The van der Waals surface area contributed by atoms with E-state index in [1.165, 1.54) is 19.8 Å². The molecule has 3 aromatic rings. The van der Waals surface area contributed by atoms with Gasteiger partial charge >= 0.3 is 0 Å². The van der Waals surface area contributed by atoms with Crippen LogP contribution in [0.15, 0.2) is 60.7 Å². The third kappa shape index (κ3) is 4.83. The van der Waals surface area contributed by atoms with E-state index < -0.39 is 0 Å². The first kappa shape index (κ1) is 19.2. The van der Waals surface area contributed by atoms with Crippen molar-refractivity contribution in [2.45, 2.75) is 26.2 Å². The molecule has 0 unspecified atom stereocenters. The molecular formula is C25H25NO3. The minimum atomic E-state index is -0.0562. The number of fused-ring (bicyclic) bond motifs is 1. The van der Waals surface area contributed by atoms with Gasteiger partial charge in [0.15, 0.2) is 5.78 Å². The Morgan fingerprint density at radius 2 is 1.79 bits per heavy atom. The van der Waals surface area contributed by atoms with Gasteiger partial charge in [0.05, 0.1) is 6.61 Å². The van der Waals surface area contributed by atoms with Crippen LogP contribution in [0.3, 0.4) is 0 Å². The number of ketones is 1. The zero-order valence-electron chi connectivity index (χ0n) is 16.6. The largest absolute Gasteiger partial charge is 0.493 e. The molecule has 1 amide bonds. The molecule has 0 radical (unpaired) electrons. The first-order valence-corrected chi connectivity index (χ1v) is 10.1. The number of carbonyl (C=O) groups is 2. The molecule has 1 saturated carbocycles. The highest BCUT2D eigenvalue weighted by Crippen LogP contribution is 2.31. The van der Waals surface area contributed by atoms with Gasteiger partial charge in [-0.1, -0.05) is 36.4 Å². The van der Waals surface area contributed by atoms with Crippen LogP contribution in [0.1, 0.15) is 41.3 Å². The number of amides is 1. The summed E-state index contributed by atoms with van der Waals surface area (Å²) >= 11 is 0. The van der Waals surface area contributed by atoms with Gasteiger partial charge in [0, 0.05) is 24.6 Å². The molecule has 1 N–H and O–H groups in total. The maximum absolute atomic E-state index is 13.0. The summed E-state index contributed by atoms with van der Waals surface area (Å²) in [7, 11) is 0. The van der Waals surface area contributed by atoms with Crippen LogP contribution in [0, 0.1) is 5.92 Å². The second-order valence-electron chi connectivity index (χ2n) is 7.70. The average molecular weight is 387 g/mol. The van der Waals surface area contributed by atoms with Crippen molar-refractivity contribution in [3.05, 3.63) is 77.4 Å². The molecular weight excluding hydrogens is 362 g/mol. The SMILES string of the molecule is CC(=O)NCCc1cc(C(=O)c2ccccc2)cc2ccc(OCC3CC3)cc12. The average Bonchev–Trinajstić information content (AvgIpc) is 3.56. The molecule has 0 spiro atoms. The lowest BCUT2D eigenvalue weighted by molar-refractivity contribution is -0.118. The van der Waals surface area contributed by atoms with Gasteiger partial charge in [-0.25, -0.2) is 0 Å². The molecule has 29 heavy (non-hydrogen) atoms. The van der Waals surface area contributed by atoms with Crippen LogP contribution < -0.4 is 10.1 Å². The van der Waals surface area contributed by atoms with Crippen LogP contribution in [-0.2, 0) is 11.2 Å². The number of hydrogen-bond donors (Lipinski definition) is 1. The quantitative estimate of drug-likeness (QED) is 0.578. The molecule has 4 nitrogen and oxygen atoms in total. The maximum atomic E-state index is 13.0. The van der Waals surface area contributed by atoms with Gasteiger partial charge in [-0.3, -0.25) is 9.59 Å². The summed E-state index contributed by atoms with van der Waals surface area (Å²) in [6, 6.07) is 19.2. The van der Waals surface area contributed by atoms with Gasteiger partial charge in [-0.05, 0) is 65.8 Å². The second kappa shape index (κ2) is 8.48. The maximum Gasteiger partial charge on any atom is 0.216 e. The van der Waals surface area contributed by atoms with Crippen molar-refractivity contribution in [1.82, 2.24) is 5.32 Å². The van der Waals surface area contributed by atoms with Gasteiger partial charge in [0.2, 0.25) is 5.91 Å². The lowest BCUT2D eigenvalue weighted by Gasteiger charge is -2.13. The summed E-state index contributed by atoms with van der Waals surface area (Å²) in [6.45, 7) is 2.80. The Labute approximate surface area is 170 Å². The van der Waals surface area contributed by atoms with E-state index in [1.807, 2.05) is 54.6 Å². The van der Waals surface area contributed by atoms with E-state index in [9.17, 15) is 9.59 Å². The summed E-state index contributed by atoms with van der Waals surface area (Å²) < 4.78 is 5.95. The van der Waals surface area contributed by atoms with Crippen LogP contribution in [0.5, 0.6) is 5.75 Å². The van der Waals surface area contributed by atoms with Crippen LogP contribution in [0.4, 0.5) is 0 Å². The number of nitrogens with one attached hydrogen (secondary N) is 1. The number of rotatable bonds is 8. The molecule has 4 rings (SSSR count). The van der Waals surface area contributed by atoms with E-state index in [0.29, 0.717) is 30.0 Å². The fraction of sp³-hybridized carbons (Fsp3) is 0.280. The predicted octanol–water partition coefficient (Wildman–Crippen LogP) is 4.54. The van der Waals surface area contributed by atoms with Crippen molar-refractivity contribution in [3.8, 4) is 5.75 Å². The van der Waals surface area contributed by atoms with Crippen LogP contribution in [-0.4, -0.2) is 24.8 Å². The minimum absolute atomic E-state index is 0.00216. The molecule has 4 heteroatoms. The molecule has 0 bridgehead atoms. The van der Waals surface area contributed by atoms with Crippen molar-refractivity contribution in [1.29, 1.82) is 0 Å². The fourth-order valence-electron chi connectivity index (χ4n) is 3.47. The highest BCUT2D eigenvalue weighted by molar-refractivity contribution is 6.11. The van der Waals surface area contributed by atoms with Crippen LogP contribution in [0.25, 0.3) is 10.8 Å². The fourth-order valence-corrected chi connectivity index (χ4v) is 3.47. The predicted molar refractivity (Wildman–Crippen MR) is 114 cm³/mol. The van der Waals surface area contributed by atoms with Crippen molar-refractivity contribution < 1.29 is 14.3 Å². The molecule has 1 fully saturated rings. The van der Waals surface area contributed by atoms with Crippen LogP contribution >= 0.6 is 0 Å². The number of ether oxygens (including phenoxy) is 1. The molecule has 1 aliphatic rings. The standard InChI is InChI=1S/C25H25NO3/c1-17(27)26-12-11-21-14-22(25(28)19-5-3-2-4-6-19)13-20-9-10-23(15-24(20)21)29-16-18-7-8-18/h2-6,9-10,13-15,18H,7-8,11-12,16H2,1H3,(H,26,27). The highest BCUT2D eigenvalue weighted by Gasteiger charge is 2.22. The lowest BCUT2D eigenvalue weighted by atomic mass is 9.94. The minimum Gasteiger partial charge on any atom is -0.493 e. The third-order valence-corrected chi connectivity index (χ3v) is 5.26. The lowest BCUT2D eigenvalue weighted by Crippen LogP contribution is -2.22. The Morgan fingerprint density at radius 3 is 2.52 bits per heavy atom. The number of carbonyl (C=O) groups excluding carboxylic acids is 2. The van der Waals surface area contributed by atoms with E-state index >= 15 is 0 Å². The molecule has 0 aliphatic heterocycles. The van der Waals surface area contributed by atoms with Gasteiger partial charge in [0.25, 0.3) is 0 Å². The molecule has 1 aliphatic carbocycles. The second-order valence-corrected chi connectivity index (χ2v) is 7.70. The summed E-state index contributed by atoms with van der Waals surface area (Å²) in [5.41, 5.74) is 2.37. The summed E-state index contributed by atoms with van der Waals surface area (Å²) in [4.78, 5) is 24.3. The molecule has 0 atom stereocenters. The van der Waals surface area contributed by atoms with E-state index in [2.05, 4.69) is 11.4 Å². The zero-order valence-corrected chi connectivity index (χ0v) is 16.6. The first-order valence-electron chi connectivity index (χ1n) is 10.1. The van der Waals surface area contributed by atoms with E-state index in [4.69, 9.17) is 4.74 Å². The molecule has 3 aromatic carbocycles. The molecule has 148 valence electrons. The summed E-state index contributed by atoms with van der Waals surface area (Å²) in [5, 5.41) is 4.91. The zero-order chi connectivity index (χ0) is 20.2. The third-order valence-electron chi connectivity index (χ3n) is 5.26. The number of benzene rings is 3. The highest BCUT2D eigenvalue weighted by atomic mass is 16.5. The monoisotopic (exact) mass is 387 g/mol. The van der Waals surface area contributed by atoms with Gasteiger partial charge in [-0.15, -0.1) is 0 Å². The number of hydrogen-bond acceptors (Lipinski definition) is 3. The van der Waals surface area contributed by atoms with Crippen molar-refractivity contribution in [3.63, 3.8) is 0 Å². The first-order chi connectivity index (χ1) is 14.1. The van der Waals surface area contributed by atoms with Crippen LogP contribution in [0.2, 0.25) is 0 Å². The van der Waals surface area contributed by atoms with Crippen molar-refractivity contribution in [2.75, 3.05) is 13.2 Å². The molecule has 0 heterocycles. The Bertz CT molecular complexity index is 1040. The van der Waals surface area contributed by atoms with Gasteiger partial charge in [0.1, 0.15) is 5.75 Å². The molecule has 0 aromatic heterocycles. The Morgan fingerprint density at radius 1 is 1.00 bits per heavy atom. The van der Waals surface area contributed by atoms with Crippen molar-refractivity contribution >= 4 is 22.5 Å². The van der Waals surface area contributed by atoms with Crippen molar-refractivity contribution in [2.24, 2.45) is 5.92 Å². The van der Waals surface area contributed by atoms with E-state index in [1.54, 1.807) is 0 Å². The Hall–Kier alpha value is -3.14. The van der Waals surface area contributed by atoms with Gasteiger partial charge in [-0.2, -0.15) is 0 Å². The Balaban J connectivity index is 1.68.